The van der Waals surface area contributed by atoms with Gasteiger partial charge in [-0.25, -0.2) is 0 Å². The molecule has 0 atom stereocenters. The molecule has 1 N–H and O–H groups in total. The monoisotopic (exact) mass is 333 g/mol. The van der Waals surface area contributed by atoms with Crippen molar-refractivity contribution in [3.8, 4) is 11.5 Å². The molecule has 0 saturated heterocycles. The predicted octanol–water partition coefficient (Wildman–Crippen LogP) is 4.02. The summed E-state index contributed by atoms with van der Waals surface area (Å²) in [6, 6.07) is 12.6. The van der Waals surface area contributed by atoms with Gasteiger partial charge in [0.1, 0.15) is 17.1 Å². The second kappa shape index (κ2) is 6.92. The summed E-state index contributed by atoms with van der Waals surface area (Å²) in [5, 5.41) is 3.67. The van der Waals surface area contributed by atoms with E-state index < -0.39 is 5.54 Å². The number of nitrogens with one attached hydrogen (secondary N) is 1. The van der Waals surface area contributed by atoms with Crippen LogP contribution in [0.25, 0.3) is 0 Å². The van der Waals surface area contributed by atoms with Gasteiger partial charge in [0.25, 0.3) is 5.91 Å². The first-order valence-corrected chi connectivity index (χ1v) is 7.56. The molecule has 4 nitrogen and oxygen atoms in total. The van der Waals surface area contributed by atoms with Crippen molar-refractivity contribution in [3.63, 3.8) is 0 Å². The lowest BCUT2D eigenvalue weighted by Gasteiger charge is -2.27. The van der Waals surface area contributed by atoms with Crippen molar-refractivity contribution in [3.05, 3.63) is 58.6 Å². The van der Waals surface area contributed by atoms with Gasteiger partial charge in [-0.2, -0.15) is 0 Å². The highest BCUT2D eigenvalue weighted by atomic mass is 35.5. The largest absolute Gasteiger partial charge is 0.496 e. The molecule has 0 radical (unpaired) electrons. The minimum Gasteiger partial charge on any atom is -0.496 e. The molecule has 23 heavy (non-hydrogen) atoms. The van der Waals surface area contributed by atoms with Crippen molar-refractivity contribution in [2.24, 2.45) is 0 Å². The van der Waals surface area contributed by atoms with E-state index in [0.717, 1.165) is 5.56 Å². The van der Waals surface area contributed by atoms with Crippen LogP contribution < -0.4 is 14.8 Å². The molecule has 0 aliphatic carbocycles. The van der Waals surface area contributed by atoms with E-state index in [4.69, 9.17) is 21.1 Å². The summed E-state index contributed by atoms with van der Waals surface area (Å²) in [5.74, 6) is 0.668. The fraction of sp³-hybridized carbons (Fsp3) is 0.278. The zero-order valence-electron chi connectivity index (χ0n) is 13.6. The number of hydrogen-bond donors (Lipinski definition) is 1. The van der Waals surface area contributed by atoms with Crippen LogP contribution in [-0.2, 0) is 5.54 Å². The Balaban J connectivity index is 2.33. The number of ether oxygens (including phenoxy) is 2. The van der Waals surface area contributed by atoms with Gasteiger partial charge in [-0.3, -0.25) is 4.79 Å². The second-order valence-corrected chi connectivity index (χ2v) is 6.06. The smallest absolute Gasteiger partial charge is 0.259 e. The summed E-state index contributed by atoms with van der Waals surface area (Å²) in [7, 11) is 3.05. The van der Waals surface area contributed by atoms with E-state index in [1.54, 1.807) is 30.3 Å². The van der Waals surface area contributed by atoms with Gasteiger partial charge in [0.05, 0.1) is 19.8 Å². The number of methoxy groups -OCH3 is 2. The Morgan fingerprint density at radius 2 is 1.52 bits per heavy atom. The molecule has 0 bridgehead atoms. The normalized spacial score (nSPS) is 11.0. The zero-order chi connectivity index (χ0) is 17.0. The predicted molar refractivity (Wildman–Crippen MR) is 91.5 cm³/mol. The van der Waals surface area contributed by atoms with Crippen LogP contribution in [0.2, 0.25) is 5.02 Å². The van der Waals surface area contributed by atoms with Crippen LogP contribution >= 0.6 is 11.6 Å². The van der Waals surface area contributed by atoms with E-state index in [9.17, 15) is 4.79 Å². The Labute approximate surface area is 141 Å². The Bertz CT molecular complexity index is 674. The third-order valence-corrected chi connectivity index (χ3v) is 3.90. The first-order chi connectivity index (χ1) is 10.9. The maximum Gasteiger partial charge on any atom is 0.259 e. The maximum atomic E-state index is 12.8. The Hall–Kier alpha value is -2.20. The SMILES string of the molecule is COc1cccc(OC)c1C(=O)NC(C)(C)c1ccc(Cl)cc1. The topological polar surface area (TPSA) is 47.6 Å². The summed E-state index contributed by atoms with van der Waals surface area (Å²) in [5.41, 5.74) is 0.747. The van der Waals surface area contributed by atoms with Gasteiger partial charge in [-0.1, -0.05) is 29.8 Å². The van der Waals surface area contributed by atoms with E-state index in [0.29, 0.717) is 22.1 Å². The highest BCUT2D eigenvalue weighted by molar-refractivity contribution is 6.30. The lowest BCUT2D eigenvalue weighted by atomic mass is 9.93. The first-order valence-electron chi connectivity index (χ1n) is 7.18. The molecule has 122 valence electrons. The minimum absolute atomic E-state index is 0.265. The van der Waals surface area contributed by atoms with Crippen molar-refractivity contribution in [1.82, 2.24) is 5.32 Å². The van der Waals surface area contributed by atoms with Gasteiger partial charge in [0.15, 0.2) is 0 Å². The van der Waals surface area contributed by atoms with Crippen LogP contribution in [0.4, 0.5) is 0 Å². The van der Waals surface area contributed by atoms with Crippen LogP contribution in [0, 0.1) is 0 Å². The van der Waals surface area contributed by atoms with Crippen molar-refractivity contribution in [2.75, 3.05) is 14.2 Å². The summed E-state index contributed by atoms with van der Waals surface area (Å²) in [4.78, 5) is 12.8. The van der Waals surface area contributed by atoms with E-state index >= 15 is 0 Å². The maximum absolute atomic E-state index is 12.8. The highest BCUT2D eigenvalue weighted by Gasteiger charge is 2.27. The minimum atomic E-state index is -0.576. The quantitative estimate of drug-likeness (QED) is 0.899. The Kier molecular flexibility index (Phi) is 5.16. The average Bonchev–Trinajstić information content (AvgIpc) is 2.53. The van der Waals surface area contributed by atoms with Crippen LogP contribution in [0.1, 0.15) is 29.8 Å². The summed E-state index contributed by atoms with van der Waals surface area (Å²) < 4.78 is 10.6. The number of carbonyl (C=O) groups is 1. The third kappa shape index (κ3) is 3.77. The van der Waals surface area contributed by atoms with Gasteiger partial charge in [-0.05, 0) is 43.7 Å². The molecule has 0 unspecified atom stereocenters. The Morgan fingerprint density at radius 1 is 1.00 bits per heavy atom. The van der Waals surface area contributed by atoms with Crippen LogP contribution in [0.5, 0.6) is 11.5 Å². The van der Waals surface area contributed by atoms with E-state index in [-0.39, 0.29) is 5.91 Å². The van der Waals surface area contributed by atoms with Gasteiger partial charge < -0.3 is 14.8 Å². The van der Waals surface area contributed by atoms with Crippen molar-refractivity contribution < 1.29 is 14.3 Å². The standard InChI is InChI=1S/C18H20ClNO3/c1-18(2,12-8-10-13(19)11-9-12)20-17(21)16-14(22-3)6-5-7-15(16)23-4/h5-11H,1-4H3,(H,20,21). The van der Waals surface area contributed by atoms with Crippen LogP contribution in [-0.4, -0.2) is 20.1 Å². The molecule has 0 spiro atoms. The van der Waals surface area contributed by atoms with Gasteiger partial charge >= 0.3 is 0 Å². The number of amides is 1. The molecule has 0 fully saturated rings. The first kappa shape index (κ1) is 17.2. The van der Waals surface area contributed by atoms with E-state index in [1.807, 2.05) is 26.0 Å². The van der Waals surface area contributed by atoms with Gasteiger partial charge in [0.2, 0.25) is 0 Å². The van der Waals surface area contributed by atoms with E-state index in [2.05, 4.69) is 5.32 Å². The van der Waals surface area contributed by atoms with Crippen LogP contribution in [0.15, 0.2) is 42.5 Å². The number of carbonyl (C=O) groups excluding carboxylic acids is 1. The average molecular weight is 334 g/mol. The molecule has 2 aromatic carbocycles. The summed E-state index contributed by atoms with van der Waals surface area (Å²) >= 11 is 5.92. The van der Waals surface area contributed by atoms with Gasteiger partial charge in [0, 0.05) is 5.02 Å². The molecule has 5 heteroatoms. The summed E-state index contributed by atoms with van der Waals surface area (Å²) in [6.45, 7) is 3.85. The Morgan fingerprint density at radius 3 is 2.00 bits per heavy atom. The lowest BCUT2D eigenvalue weighted by molar-refractivity contribution is 0.0905. The number of hydrogen-bond acceptors (Lipinski definition) is 3. The molecule has 0 heterocycles. The molecular weight excluding hydrogens is 314 g/mol. The number of halogens is 1. The molecule has 0 aliphatic heterocycles. The third-order valence-electron chi connectivity index (χ3n) is 3.65. The molecule has 0 aromatic heterocycles. The fourth-order valence-electron chi connectivity index (χ4n) is 2.36. The van der Waals surface area contributed by atoms with Crippen molar-refractivity contribution >= 4 is 17.5 Å². The lowest BCUT2D eigenvalue weighted by Crippen LogP contribution is -2.41. The highest BCUT2D eigenvalue weighted by Crippen LogP contribution is 2.30. The van der Waals surface area contributed by atoms with Crippen LogP contribution in [0.3, 0.4) is 0 Å². The second-order valence-electron chi connectivity index (χ2n) is 5.62. The van der Waals surface area contributed by atoms with E-state index in [1.165, 1.54) is 14.2 Å². The molecule has 1 amide bonds. The van der Waals surface area contributed by atoms with Gasteiger partial charge in [-0.15, -0.1) is 0 Å². The number of rotatable bonds is 5. The van der Waals surface area contributed by atoms with Crippen molar-refractivity contribution in [2.45, 2.75) is 19.4 Å². The molecular formula is C18H20ClNO3. The molecule has 2 aromatic rings. The molecule has 0 saturated carbocycles. The zero-order valence-corrected chi connectivity index (χ0v) is 14.4. The van der Waals surface area contributed by atoms with Crippen molar-refractivity contribution in [1.29, 1.82) is 0 Å². The fourth-order valence-corrected chi connectivity index (χ4v) is 2.49. The molecule has 0 aliphatic rings. The number of benzene rings is 2. The molecule has 2 rings (SSSR count). The summed E-state index contributed by atoms with van der Waals surface area (Å²) in [6.07, 6.45) is 0.